The number of benzene rings is 1. The van der Waals surface area contributed by atoms with Crippen molar-refractivity contribution in [3.63, 3.8) is 0 Å². The maximum atomic E-state index is 11.1. The van der Waals surface area contributed by atoms with Gasteiger partial charge in [0.05, 0.1) is 5.75 Å². The van der Waals surface area contributed by atoms with E-state index in [0.29, 0.717) is 12.0 Å². The van der Waals surface area contributed by atoms with Crippen molar-refractivity contribution in [2.75, 3.05) is 17.8 Å². The maximum Gasteiger partial charge on any atom is 0.159 e. The Morgan fingerprint density at radius 1 is 1.24 bits per heavy atom. The molecule has 0 bridgehead atoms. The number of thioether (sulfide) groups is 1. The Morgan fingerprint density at radius 3 is 2.29 bits per heavy atom. The fraction of sp³-hybridized carbons (Fsp3) is 0.417. The summed E-state index contributed by atoms with van der Waals surface area (Å²) in [5.41, 5.74) is 0.700. The summed E-state index contributed by atoms with van der Waals surface area (Å²) in [5, 5.41) is 0. The molecule has 0 heterocycles. The van der Waals surface area contributed by atoms with Crippen molar-refractivity contribution in [2.45, 2.75) is 18.2 Å². The summed E-state index contributed by atoms with van der Waals surface area (Å²) in [6, 6.07) is 7.37. The molecule has 1 aromatic rings. The van der Waals surface area contributed by atoms with E-state index in [1.165, 1.54) is 13.2 Å². The van der Waals surface area contributed by atoms with Crippen LogP contribution in [0.4, 0.5) is 0 Å². The summed E-state index contributed by atoms with van der Waals surface area (Å²) < 4.78 is 21.8. The lowest BCUT2D eigenvalue weighted by Crippen LogP contribution is -2.03. The Morgan fingerprint density at radius 2 is 1.82 bits per heavy atom. The van der Waals surface area contributed by atoms with Gasteiger partial charge in [-0.3, -0.25) is 4.79 Å². The zero-order valence-corrected chi connectivity index (χ0v) is 11.6. The van der Waals surface area contributed by atoms with Gasteiger partial charge in [-0.1, -0.05) is 12.1 Å². The molecule has 0 aliphatic heterocycles. The van der Waals surface area contributed by atoms with Crippen molar-refractivity contribution in [1.82, 2.24) is 0 Å². The molecule has 3 nitrogen and oxygen atoms in total. The van der Waals surface area contributed by atoms with E-state index in [1.807, 2.05) is 12.1 Å². The molecule has 0 saturated carbocycles. The van der Waals surface area contributed by atoms with Crippen LogP contribution in [0.15, 0.2) is 29.2 Å². The molecule has 1 aromatic carbocycles. The third-order valence-electron chi connectivity index (χ3n) is 2.19. The zero-order chi connectivity index (χ0) is 12.9. The third kappa shape index (κ3) is 5.89. The van der Waals surface area contributed by atoms with E-state index < -0.39 is 9.84 Å². The van der Waals surface area contributed by atoms with Gasteiger partial charge in [0.15, 0.2) is 5.78 Å². The molecule has 0 fully saturated rings. The van der Waals surface area contributed by atoms with Gasteiger partial charge in [-0.2, -0.15) is 0 Å². The first-order valence-corrected chi connectivity index (χ1v) is 8.34. The summed E-state index contributed by atoms with van der Waals surface area (Å²) in [4.78, 5) is 12.1. The molecule has 0 saturated heterocycles. The second-order valence-electron chi connectivity index (χ2n) is 3.91. The van der Waals surface area contributed by atoms with Gasteiger partial charge in [0, 0.05) is 16.7 Å². The molecule has 0 aromatic heterocycles. The first kappa shape index (κ1) is 14.3. The van der Waals surface area contributed by atoms with E-state index >= 15 is 0 Å². The second kappa shape index (κ2) is 6.21. The first-order chi connectivity index (χ1) is 7.88. The van der Waals surface area contributed by atoms with Crippen molar-refractivity contribution in [2.24, 2.45) is 0 Å². The highest BCUT2D eigenvalue weighted by atomic mass is 32.2. The Bertz CT molecular complexity index is 475. The smallest absolute Gasteiger partial charge is 0.159 e. The largest absolute Gasteiger partial charge is 0.295 e. The van der Waals surface area contributed by atoms with Gasteiger partial charge in [0.25, 0.3) is 0 Å². The molecular weight excluding hydrogens is 256 g/mol. The van der Waals surface area contributed by atoms with Crippen LogP contribution < -0.4 is 0 Å². The highest BCUT2D eigenvalue weighted by Gasteiger charge is 2.02. The number of sulfone groups is 1. The fourth-order valence-electron chi connectivity index (χ4n) is 1.30. The van der Waals surface area contributed by atoms with Crippen LogP contribution in [-0.2, 0) is 9.84 Å². The standard InChI is InChI=1S/C12H16O3S2/c1-10(13)11-4-6-12(7-5-11)16-8-3-9-17(2,14)15/h4-7H,3,8-9H2,1-2H3. The normalized spacial score (nSPS) is 11.4. The molecule has 1 rings (SSSR count). The quantitative estimate of drug-likeness (QED) is 0.453. The Kier molecular flexibility index (Phi) is 5.21. The summed E-state index contributed by atoms with van der Waals surface area (Å²) in [7, 11) is -2.85. The highest BCUT2D eigenvalue weighted by molar-refractivity contribution is 7.99. The van der Waals surface area contributed by atoms with E-state index in [4.69, 9.17) is 0 Å². The second-order valence-corrected chi connectivity index (χ2v) is 7.34. The summed E-state index contributed by atoms with van der Waals surface area (Å²) >= 11 is 1.61. The molecule has 17 heavy (non-hydrogen) atoms. The Hall–Kier alpha value is -0.810. The van der Waals surface area contributed by atoms with Gasteiger partial charge >= 0.3 is 0 Å². The molecule has 0 unspecified atom stereocenters. The lowest BCUT2D eigenvalue weighted by atomic mass is 10.2. The topological polar surface area (TPSA) is 51.2 Å². The summed E-state index contributed by atoms with van der Waals surface area (Å²) in [5.74, 6) is 1.05. The van der Waals surface area contributed by atoms with Crippen LogP contribution in [0.2, 0.25) is 0 Å². The van der Waals surface area contributed by atoms with Crippen molar-refractivity contribution in [3.05, 3.63) is 29.8 Å². The molecule has 0 N–H and O–H groups in total. The zero-order valence-electron chi connectivity index (χ0n) is 9.97. The van der Waals surface area contributed by atoms with Crippen molar-refractivity contribution in [3.8, 4) is 0 Å². The summed E-state index contributed by atoms with van der Waals surface area (Å²) in [6.45, 7) is 1.54. The molecule has 0 atom stereocenters. The number of carbonyl (C=O) groups excluding carboxylic acids is 1. The number of rotatable bonds is 6. The number of ketones is 1. The minimum atomic E-state index is -2.85. The number of hydrogen-bond acceptors (Lipinski definition) is 4. The van der Waals surface area contributed by atoms with Crippen LogP contribution in [0.5, 0.6) is 0 Å². The Balaban J connectivity index is 2.40. The van der Waals surface area contributed by atoms with Gasteiger partial charge in [-0.15, -0.1) is 11.8 Å². The minimum Gasteiger partial charge on any atom is -0.295 e. The van der Waals surface area contributed by atoms with E-state index in [1.54, 1.807) is 23.9 Å². The van der Waals surface area contributed by atoms with E-state index in [9.17, 15) is 13.2 Å². The third-order valence-corrected chi connectivity index (χ3v) is 4.32. The number of carbonyl (C=O) groups is 1. The van der Waals surface area contributed by atoms with Crippen LogP contribution in [-0.4, -0.2) is 32.0 Å². The average molecular weight is 272 g/mol. The molecule has 0 spiro atoms. The molecule has 5 heteroatoms. The highest BCUT2D eigenvalue weighted by Crippen LogP contribution is 2.19. The molecule has 0 amide bonds. The molecule has 0 radical (unpaired) electrons. The van der Waals surface area contributed by atoms with Gasteiger partial charge in [-0.05, 0) is 31.2 Å². The minimum absolute atomic E-state index is 0.0543. The van der Waals surface area contributed by atoms with Crippen LogP contribution in [0.3, 0.4) is 0 Å². The summed E-state index contributed by atoms with van der Waals surface area (Å²) in [6.07, 6.45) is 1.90. The van der Waals surface area contributed by atoms with Crippen LogP contribution >= 0.6 is 11.8 Å². The van der Waals surface area contributed by atoms with E-state index in [-0.39, 0.29) is 11.5 Å². The lowest BCUT2D eigenvalue weighted by molar-refractivity contribution is 0.101. The van der Waals surface area contributed by atoms with Crippen molar-refractivity contribution < 1.29 is 13.2 Å². The fourth-order valence-corrected chi connectivity index (χ4v) is 3.00. The Labute approximate surface area is 107 Å². The van der Waals surface area contributed by atoms with Crippen LogP contribution in [0, 0.1) is 0 Å². The lowest BCUT2D eigenvalue weighted by Gasteiger charge is -2.02. The molecule has 0 aliphatic carbocycles. The molecular formula is C12H16O3S2. The predicted octanol–water partition coefficient (Wildman–Crippen LogP) is 2.42. The maximum absolute atomic E-state index is 11.1. The van der Waals surface area contributed by atoms with E-state index in [2.05, 4.69) is 0 Å². The van der Waals surface area contributed by atoms with Crippen molar-refractivity contribution >= 4 is 27.4 Å². The van der Waals surface area contributed by atoms with Gasteiger partial charge in [-0.25, -0.2) is 8.42 Å². The monoisotopic (exact) mass is 272 g/mol. The average Bonchev–Trinajstić information content (AvgIpc) is 2.24. The SMILES string of the molecule is CC(=O)c1ccc(SCCCS(C)(=O)=O)cc1. The molecule has 0 aliphatic rings. The van der Waals surface area contributed by atoms with Gasteiger partial charge < -0.3 is 0 Å². The molecule has 94 valence electrons. The van der Waals surface area contributed by atoms with Crippen LogP contribution in [0.25, 0.3) is 0 Å². The van der Waals surface area contributed by atoms with Gasteiger partial charge in [0.2, 0.25) is 0 Å². The van der Waals surface area contributed by atoms with E-state index in [0.717, 1.165) is 10.6 Å². The van der Waals surface area contributed by atoms with Crippen molar-refractivity contribution in [1.29, 1.82) is 0 Å². The van der Waals surface area contributed by atoms with Crippen LogP contribution in [0.1, 0.15) is 23.7 Å². The first-order valence-electron chi connectivity index (χ1n) is 5.30. The number of Topliss-reactive ketones (excluding diaryl/α,β-unsaturated/α-hetero) is 1. The predicted molar refractivity (Wildman–Crippen MR) is 71.5 cm³/mol. The van der Waals surface area contributed by atoms with Gasteiger partial charge in [0.1, 0.15) is 9.84 Å². The number of hydrogen-bond donors (Lipinski definition) is 0.